The quantitative estimate of drug-likeness (QED) is 0.626. The molecule has 24 heavy (non-hydrogen) atoms. The fourth-order valence-corrected chi connectivity index (χ4v) is 7.02. The Morgan fingerprint density at radius 1 is 1.17 bits per heavy atom. The lowest BCUT2D eigenvalue weighted by Gasteiger charge is -2.58. The van der Waals surface area contributed by atoms with E-state index in [1.54, 1.807) is 6.08 Å². The van der Waals surface area contributed by atoms with Gasteiger partial charge in [-0.25, -0.2) is 0 Å². The molecule has 128 valence electrons. The van der Waals surface area contributed by atoms with Crippen molar-refractivity contribution in [1.82, 2.24) is 0 Å². The van der Waals surface area contributed by atoms with Crippen molar-refractivity contribution in [3.63, 3.8) is 0 Å². The van der Waals surface area contributed by atoms with Crippen molar-refractivity contribution in [3.8, 4) is 6.07 Å². The Labute approximate surface area is 144 Å². The average Bonchev–Trinajstić information content (AvgIpc) is 2.84. The molecule has 6 atom stereocenters. The van der Waals surface area contributed by atoms with Gasteiger partial charge in [0.25, 0.3) is 0 Å². The van der Waals surface area contributed by atoms with Gasteiger partial charge in [0.15, 0.2) is 0 Å². The predicted molar refractivity (Wildman–Crippen MR) is 90.8 cm³/mol. The Balaban J connectivity index is 1.71. The number of allylic oxidation sites excluding steroid dienone is 2. The molecule has 4 saturated carbocycles. The summed E-state index contributed by atoms with van der Waals surface area (Å²) in [5.74, 6) is 2.34. The molecule has 0 radical (unpaired) electrons. The normalized spacial score (nSPS) is 49.3. The Bertz CT molecular complexity index is 672. The van der Waals surface area contributed by atoms with Gasteiger partial charge in [-0.2, -0.15) is 5.26 Å². The molecule has 3 heteroatoms. The zero-order valence-electron chi connectivity index (χ0n) is 14.8. The van der Waals surface area contributed by atoms with Gasteiger partial charge in [0.05, 0.1) is 6.07 Å². The Morgan fingerprint density at radius 3 is 2.71 bits per heavy atom. The van der Waals surface area contributed by atoms with Crippen LogP contribution in [-0.4, -0.2) is 11.6 Å². The number of carbonyl (C=O) groups is 2. The zero-order valence-corrected chi connectivity index (χ0v) is 14.8. The summed E-state index contributed by atoms with van der Waals surface area (Å²) < 4.78 is 0. The first kappa shape index (κ1) is 16.1. The standard InChI is InChI=1S/C21H27NO2/c1-20-9-7-15(23)11-14(20)3-5-16-17-6-4-13(8-10-22)21(17,2)12-18(24)19(16)20/h8,14,16-17,19H,3-7,9,11-12H2,1-2H3/b13-8-/t14-,16?,17-,19+,20?,21?/m0/s1. The highest BCUT2D eigenvalue weighted by Gasteiger charge is 2.62. The van der Waals surface area contributed by atoms with Crippen molar-refractivity contribution >= 4 is 11.6 Å². The van der Waals surface area contributed by atoms with E-state index in [1.165, 1.54) is 5.57 Å². The van der Waals surface area contributed by atoms with Crippen molar-refractivity contribution in [3.05, 3.63) is 11.6 Å². The van der Waals surface area contributed by atoms with Crippen LogP contribution < -0.4 is 0 Å². The number of carbonyl (C=O) groups excluding carboxylic acids is 2. The summed E-state index contributed by atoms with van der Waals surface area (Å²) in [5.41, 5.74) is 1.13. The summed E-state index contributed by atoms with van der Waals surface area (Å²) in [6.07, 6.45) is 8.84. The van der Waals surface area contributed by atoms with E-state index >= 15 is 0 Å². The zero-order chi connectivity index (χ0) is 17.1. The first-order chi connectivity index (χ1) is 11.4. The van der Waals surface area contributed by atoms with E-state index in [2.05, 4.69) is 19.9 Å². The van der Waals surface area contributed by atoms with Crippen LogP contribution in [-0.2, 0) is 9.59 Å². The minimum atomic E-state index is -0.0956. The fraction of sp³-hybridized carbons (Fsp3) is 0.762. The number of rotatable bonds is 0. The van der Waals surface area contributed by atoms with Gasteiger partial charge < -0.3 is 0 Å². The van der Waals surface area contributed by atoms with Gasteiger partial charge >= 0.3 is 0 Å². The Kier molecular flexibility index (Phi) is 3.53. The van der Waals surface area contributed by atoms with E-state index in [1.807, 2.05) is 0 Å². The Hall–Kier alpha value is -1.43. The summed E-state index contributed by atoms with van der Waals surface area (Å²) in [5, 5.41) is 9.11. The lowest BCUT2D eigenvalue weighted by atomic mass is 9.45. The van der Waals surface area contributed by atoms with Crippen LogP contribution in [0.3, 0.4) is 0 Å². The van der Waals surface area contributed by atoms with Crippen molar-refractivity contribution in [2.45, 2.75) is 65.2 Å². The molecule has 4 aliphatic rings. The minimum absolute atomic E-state index is 0.0247. The molecule has 4 aliphatic carbocycles. The van der Waals surface area contributed by atoms with Gasteiger partial charge in [-0.05, 0) is 60.7 Å². The van der Waals surface area contributed by atoms with Crippen molar-refractivity contribution in [2.75, 3.05) is 0 Å². The molecule has 0 heterocycles. The van der Waals surface area contributed by atoms with Crippen LogP contribution in [0.2, 0.25) is 0 Å². The fourth-order valence-electron chi connectivity index (χ4n) is 7.02. The predicted octanol–water partition coefficient (Wildman–Crippen LogP) is 4.23. The second kappa shape index (κ2) is 5.28. The molecule has 0 spiro atoms. The lowest BCUT2D eigenvalue weighted by Crippen LogP contribution is -2.56. The number of nitriles is 1. The van der Waals surface area contributed by atoms with Crippen LogP contribution in [0.25, 0.3) is 0 Å². The van der Waals surface area contributed by atoms with Crippen LogP contribution in [0.4, 0.5) is 0 Å². The van der Waals surface area contributed by atoms with Gasteiger partial charge in [-0.1, -0.05) is 19.4 Å². The molecule has 3 nitrogen and oxygen atoms in total. The van der Waals surface area contributed by atoms with E-state index < -0.39 is 0 Å². The second-order valence-electron chi connectivity index (χ2n) is 9.17. The third kappa shape index (κ3) is 2.01. The monoisotopic (exact) mass is 325 g/mol. The third-order valence-corrected chi connectivity index (χ3v) is 8.26. The molecule has 0 aromatic heterocycles. The highest BCUT2D eigenvalue weighted by molar-refractivity contribution is 5.86. The molecule has 0 saturated heterocycles. The van der Waals surface area contributed by atoms with Crippen LogP contribution in [0.15, 0.2) is 11.6 Å². The van der Waals surface area contributed by atoms with Crippen LogP contribution in [0.5, 0.6) is 0 Å². The first-order valence-electron chi connectivity index (χ1n) is 9.53. The van der Waals surface area contributed by atoms with Crippen molar-refractivity contribution in [2.24, 2.45) is 34.5 Å². The van der Waals surface area contributed by atoms with Gasteiger partial charge in [-0.15, -0.1) is 0 Å². The van der Waals surface area contributed by atoms with E-state index in [-0.39, 0.29) is 16.7 Å². The summed E-state index contributed by atoms with van der Waals surface area (Å²) >= 11 is 0. The average molecular weight is 325 g/mol. The molecule has 0 aliphatic heterocycles. The molecule has 0 amide bonds. The first-order valence-corrected chi connectivity index (χ1v) is 9.53. The number of hydrogen-bond acceptors (Lipinski definition) is 3. The molecule has 4 fully saturated rings. The van der Waals surface area contributed by atoms with Gasteiger partial charge in [0.1, 0.15) is 11.6 Å². The maximum absolute atomic E-state index is 13.3. The van der Waals surface area contributed by atoms with Crippen LogP contribution in [0, 0.1) is 45.8 Å². The van der Waals surface area contributed by atoms with E-state index in [9.17, 15) is 9.59 Å². The molecule has 4 rings (SSSR count). The largest absolute Gasteiger partial charge is 0.300 e. The molecule has 3 unspecified atom stereocenters. The SMILES string of the molecule is CC12CC(=O)[C@H]3C(CC[C@H]4CC(=O)CCC43C)[C@@H]1CC/C2=C/C#N. The topological polar surface area (TPSA) is 57.9 Å². The second-order valence-corrected chi connectivity index (χ2v) is 9.17. The van der Waals surface area contributed by atoms with Crippen LogP contribution >= 0.6 is 0 Å². The Morgan fingerprint density at radius 2 is 1.96 bits per heavy atom. The van der Waals surface area contributed by atoms with E-state index in [4.69, 9.17) is 5.26 Å². The van der Waals surface area contributed by atoms with Gasteiger partial charge in [0, 0.05) is 31.3 Å². The maximum Gasteiger partial charge on any atom is 0.137 e. The molecular weight excluding hydrogens is 298 g/mol. The molecule has 0 aromatic carbocycles. The number of fused-ring (bicyclic) bond motifs is 5. The van der Waals surface area contributed by atoms with Crippen molar-refractivity contribution in [1.29, 1.82) is 5.26 Å². The van der Waals surface area contributed by atoms with Gasteiger partial charge in [-0.3, -0.25) is 9.59 Å². The van der Waals surface area contributed by atoms with E-state index in [0.29, 0.717) is 48.6 Å². The molecule has 0 aromatic rings. The highest BCUT2D eigenvalue weighted by Crippen LogP contribution is 2.66. The van der Waals surface area contributed by atoms with Crippen molar-refractivity contribution < 1.29 is 9.59 Å². The summed E-state index contributed by atoms with van der Waals surface area (Å²) in [6.45, 7) is 4.52. The van der Waals surface area contributed by atoms with Gasteiger partial charge in [0.2, 0.25) is 0 Å². The summed E-state index contributed by atoms with van der Waals surface area (Å²) in [7, 11) is 0. The van der Waals surface area contributed by atoms with E-state index in [0.717, 1.165) is 32.1 Å². The third-order valence-electron chi connectivity index (χ3n) is 8.26. The number of nitrogens with zero attached hydrogens (tertiary/aromatic N) is 1. The smallest absolute Gasteiger partial charge is 0.137 e. The van der Waals surface area contributed by atoms with Crippen LogP contribution in [0.1, 0.15) is 65.2 Å². The summed E-state index contributed by atoms with van der Waals surface area (Å²) in [4.78, 5) is 25.2. The summed E-state index contributed by atoms with van der Waals surface area (Å²) in [6, 6.07) is 2.20. The molecule has 0 N–H and O–H groups in total. The number of hydrogen-bond donors (Lipinski definition) is 0. The number of Topliss-reactive ketones (excluding diaryl/α,β-unsaturated/α-hetero) is 2. The molecule has 0 bridgehead atoms. The lowest BCUT2D eigenvalue weighted by molar-refractivity contribution is -0.156. The maximum atomic E-state index is 13.3. The highest BCUT2D eigenvalue weighted by atomic mass is 16.1. The minimum Gasteiger partial charge on any atom is -0.300 e. The molecular formula is C21H27NO2. The number of ketones is 2.